The number of amides is 2. The number of unbranched alkanes of at least 4 members (excludes halogenated alkanes) is 3. The quantitative estimate of drug-likeness (QED) is 0.427. The van der Waals surface area contributed by atoms with Crippen LogP contribution in [-0.4, -0.2) is 77.5 Å². The third-order valence-corrected chi connectivity index (χ3v) is 5.47. The van der Waals surface area contributed by atoms with E-state index in [1.54, 1.807) is 21.3 Å². The molecule has 1 saturated heterocycles. The summed E-state index contributed by atoms with van der Waals surface area (Å²) in [6, 6.07) is 0. The van der Waals surface area contributed by atoms with Crippen molar-refractivity contribution in [3.05, 3.63) is 0 Å². The van der Waals surface area contributed by atoms with Crippen molar-refractivity contribution in [2.75, 3.05) is 60.8 Å². The molecule has 1 heterocycles. The Bertz CT molecular complexity index is 429. The predicted molar refractivity (Wildman–Crippen MR) is 109 cm³/mol. The molecular weight excluding hydrogens is 360 g/mol. The van der Waals surface area contributed by atoms with Crippen LogP contribution >= 0.6 is 0 Å². The third kappa shape index (κ3) is 9.85. The summed E-state index contributed by atoms with van der Waals surface area (Å²) >= 11 is 0. The Morgan fingerprint density at radius 3 is 2.11 bits per heavy atom. The maximum absolute atomic E-state index is 12.4. The van der Waals surface area contributed by atoms with E-state index in [0.29, 0.717) is 39.2 Å². The van der Waals surface area contributed by atoms with Crippen molar-refractivity contribution in [2.24, 2.45) is 5.41 Å². The topological polar surface area (TPSA) is 77.1 Å². The smallest absolute Gasteiger partial charge is 0.222 e. The van der Waals surface area contributed by atoms with Crippen LogP contribution in [-0.2, 0) is 23.8 Å². The number of nitrogens with one attached hydrogen (secondary N) is 1. The van der Waals surface area contributed by atoms with Gasteiger partial charge in [0, 0.05) is 65.8 Å². The Kier molecular flexibility index (Phi) is 13.1. The van der Waals surface area contributed by atoms with Gasteiger partial charge in [0.05, 0.1) is 13.2 Å². The second kappa shape index (κ2) is 14.8. The molecule has 0 saturated carbocycles. The van der Waals surface area contributed by atoms with Gasteiger partial charge < -0.3 is 24.4 Å². The standard InChI is InChI=1S/C21H40N2O5/c1-26-16-8-6-9-19(24)22-13-7-4-5-10-20(25)23-14-11-21(12-15-23,17-27-2)18-28-3/h4-18H2,1-3H3,(H,22,24). The van der Waals surface area contributed by atoms with Crippen LogP contribution in [0.5, 0.6) is 0 Å². The van der Waals surface area contributed by atoms with E-state index in [1.807, 2.05) is 4.90 Å². The van der Waals surface area contributed by atoms with Crippen LogP contribution < -0.4 is 5.32 Å². The van der Waals surface area contributed by atoms with Gasteiger partial charge in [-0.2, -0.15) is 0 Å². The minimum Gasteiger partial charge on any atom is -0.385 e. The molecule has 1 aliphatic heterocycles. The number of piperidine rings is 1. The molecule has 0 aromatic heterocycles. The normalized spacial score (nSPS) is 16.2. The lowest BCUT2D eigenvalue weighted by atomic mass is 9.79. The number of likely N-dealkylation sites (tertiary alicyclic amines) is 1. The number of rotatable bonds is 15. The third-order valence-electron chi connectivity index (χ3n) is 5.47. The van der Waals surface area contributed by atoms with Crippen molar-refractivity contribution in [2.45, 2.75) is 57.8 Å². The van der Waals surface area contributed by atoms with Crippen molar-refractivity contribution < 1.29 is 23.8 Å². The molecule has 0 aromatic carbocycles. The van der Waals surface area contributed by atoms with Gasteiger partial charge in [-0.25, -0.2) is 0 Å². The van der Waals surface area contributed by atoms with E-state index in [-0.39, 0.29) is 17.2 Å². The molecule has 0 unspecified atom stereocenters. The first-order valence-corrected chi connectivity index (χ1v) is 10.6. The molecule has 0 aromatic rings. The summed E-state index contributed by atoms with van der Waals surface area (Å²) in [4.78, 5) is 26.1. The van der Waals surface area contributed by atoms with Gasteiger partial charge >= 0.3 is 0 Å². The first-order valence-electron chi connectivity index (χ1n) is 10.6. The summed E-state index contributed by atoms with van der Waals surface area (Å²) in [6.07, 6.45) is 7.54. The van der Waals surface area contributed by atoms with Crippen LogP contribution in [0.15, 0.2) is 0 Å². The number of hydrogen-bond donors (Lipinski definition) is 1. The Morgan fingerprint density at radius 1 is 0.857 bits per heavy atom. The summed E-state index contributed by atoms with van der Waals surface area (Å²) in [5, 5.41) is 2.95. The molecule has 7 nitrogen and oxygen atoms in total. The highest BCUT2D eigenvalue weighted by atomic mass is 16.5. The average molecular weight is 401 g/mol. The highest BCUT2D eigenvalue weighted by Crippen LogP contribution is 2.32. The monoisotopic (exact) mass is 400 g/mol. The van der Waals surface area contributed by atoms with E-state index in [0.717, 1.165) is 58.0 Å². The minimum atomic E-state index is 0.0437. The Hall–Kier alpha value is -1.18. The van der Waals surface area contributed by atoms with E-state index in [1.165, 1.54) is 0 Å². The van der Waals surface area contributed by atoms with Crippen molar-refractivity contribution in [3.63, 3.8) is 0 Å². The average Bonchev–Trinajstić information content (AvgIpc) is 2.69. The van der Waals surface area contributed by atoms with Gasteiger partial charge in [0.25, 0.3) is 0 Å². The van der Waals surface area contributed by atoms with Gasteiger partial charge in [0.2, 0.25) is 11.8 Å². The first kappa shape index (κ1) is 24.9. The zero-order valence-electron chi connectivity index (χ0n) is 18.1. The van der Waals surface area contributed by atoms with Crippen LogP contribution in [0, 0.1) is 5.41 Å². The van der Waals surface area contributed by atoms with Gasteiger partial charge in [0.15, 0.2) is 0 Å². The van der Waals surface area contributed by atoms with Gasteiger partial charge in [-0.3, -0.25) is 9.59 Å². The molecule has 0 bridgehead atoms. The molecule has 7 heteroatoms. The number of nitrogens with zero attached hydrogens (tertiary/aromatic N) is 1. The van der Waals surface area contributed by atoms with E-state index in [4.69, 9.17) is 14.2 Å². The van der Waals surface area contributed by atoms with Crippen molar-refractivity contribution in [3.8, 4) is 0 Å². The molecule has 0 radical (unpaired) electrons. The lowest BCUT2D eigenvalue weighted by Crippen LogP contribution is -2.46. The van der Waals surface area contributed by atoms with Gasteiger partial charge in [0.1, 0.15) is 0 Å². The van der Waals surface area contributed by atoms with Crippen LogP contribution in [0.3, 0.4) is 0 Å². The minimum absolute atomic E-state index is 0.0437. The fraction of sp³-hybridized carbons (Fsp3) is 0.905. The van der Waals surface area contributed by atoms with E-state index in [9.17, 15) is 9.59 Å². The summed E-state index contributed by atoms with van der Waals surface area (Å²) in [7, 11) is 5.11. The predicted octanol–water partition coefficient (Wildman–Crippen LogP) is 2.38. The molecule has 1 aliphatic rings. The highest BCUT2D eigenvalue weighted by Gasteiger charge is 2.35. The summed E-state index contributed by atoms with van der Waals surface area (Å²) in [5.74, 6) is 0.349. The van der Waals surface area contributed by atoms with Crippen LogP contribution in [0.2, 0.25) is 0 Å². The Balaban J connectivity index is 2.09. The molecule has 1 rings (SSSR count). The molecule has 0 aliphatic carbocycles. The van der Waals surface area contributed by atoms with Crippen molar-refractivity contribution in [1.29, 1.82) is 0 Å². The summed E-state index contributed by atoms with van der Waals surface area (Å²) < 4.78 is 15.7. The molecule has 1 N–H and O–H groups in total. The summed E-state index contributed by atoms with van der Waals surface area (Å²) in [5.41, 5.74) is 0.0437. The molecule has 0 spiro atoms. The SMILES string of the molecule is COCCCCC(=O)NCCCCCC(=O)N1CCC(COC)(COC)CC1. The number of carbonyl (C=O) groups excluding carboxylic acids is 2. The van der Waals surface area contributed by atoms with E-state index >= 15 is 0 Å². The maximum atomic E-state index is 12.4. The second-order valence-electron chi connectivity index (χ2n) is 7.86. The van der Waals surface area contributed by atoms with E-state index < -0.39 is 0 Å². The number of carbonyl (C=O) groups is 2. The Labute approximate surface area is 170 Å². The molecule has 0 atom stereocenters. The van der Waals surface area contributed by atoms with Crippen molar-refractivity contribution >= 4 is 11.8 Å². The van der Waals surface area contributed by atoms with Crippen LogP contribution in [0.1, 0.15) is 57.8 Å². The Morgan fingerprint density at radius 2 is 1.50 bits per heavy atom. The molecule has 2 amide bonds. The first-order chi connectivity index (χ1) is 13.6. The fourth-order valence-corrected chi connectivity index (χ4v) is 3.76. The lowest BCUT2D eigenvalue weighted by molar-refractivity contribution is -0.135. The largest absolute Gasteiger partial charge is 0.385 e. The van der Waals surface area contributed by atoms with E-state index in [2.05, 4.69) is 5.32 Å². The highest BCUT2D eigenvalue weighted by molar-refractivity contribution is 5.76. The van der Waals surface area contributed by atoms with Crippen molar-refractivity contribution in [1.82, 2.24) is 10.2 Å². The van der Waals surface area contributed by atoms with Gasteiger partial charge in [-0.15, -0.1) is 0 Å². The van der Waals surface area contributed by atoms with Crippen LogP contribution in [0.25, 0.3) is 0 Å². The van der Waals surface area contributed by atoms with Crippen LogP contribution in [0.4, 0.5) is 0 Å². The molecule has 28 heavy (non-hydrogen) atoms. The van der Waals surface area contributed by atoms with Gasteiger partial charge in [-0.05, 0) is 38.5 Å². The number of ether oxygens (including phenoxy) is 3. The zero-order valence-corrected chi connectivity index (χ0v) is 18.1. The number of methoxy groups -OCH3 is 3. The molecule has 164 valence electrons. The summed E-state index contributed by atoms with van der Waals surface area (Å²) in [6.45, 7) is 4.33. The zero-order chi connectivity index (χ0) is 20.7. The van der Waals surface area contributed by atoms with Gasteiger partial charge in [-0.1, -0.05) is 6.42 Å². The molecular formula is C21H40N2O5. The second-order valence-corrected chi connectivity index (χ2v) is 7.86. The molecule has 1 fully saturated rings. The number of hydrogen-bond acceptors (Lipinski definition) is 5. The lowest BCUT2D eigenvalue weighted by Gasteiger charge is -2.41. The maximum Gasteiger partial charge on any atom is 0.222 e. The fourth-order valence-electron chi connectivity index (χ4n) is 3.76.